The van der Waals surface area contributed by atoms with Crippen LogP contribution in [0, 0.1) is 5.92 Å². The van der Waals surface area contributed by atoms with Crippen molar-refractivity contribution in [3.63, 3.8) is 0 Å². The molecule has 2 aliphatic heterocycles. The minimum absolute atomic E-state index is 0.103. The Morgan fingerprint density at radius 3 is 2.86 bits per heavy atom. The van der Waals surface area contributed by atoms with E-state index in [0.717, 1.165) is 25.6 Å². The molecule has 2 rings (SSSR count). The average Bonchev–Trinajstić information content (AvgIpc) is 2.93. The number of hydrogen-bond acceptors (Lipinski definition) is 5. The summed E-state index contributed by atoms with van der Waals surface area (Å²) >= 11 is 0. The molecule has 2 fully saturated rings. The zero-order valence-corrected chi connectivity index (χ0v) is 13.5. The number of sulfonamides is 1. The number of carbonyl (C=O) groups excluding carboxylic acids is 1. The van der Waals surface area contributed by atoms with Gasteiger partial charge in [-0.3, -0.25) is 4.79 Å². The predicted octanol–water partition coefficient (Wildman–Crippen LogP) is -0.849. The van der Waals surface area contributed by atoms with Gasteiger partial charge in [0.25, 0.3) is 0 Å². The van der Waals surface area contributed by atoms with E-state index in [-0.39, 0.29) is 24.0 Å². The number of hydrogen-bond donors (Lipinski definition) is 2. The summed E-state index contributed by atoms with van der Waals surface area (Å²) in [4.78, 5) is 14.3. The lowest BCUT2D eigenvalue weighted by atomic mass is 9.97. The van der Waals surface area contributed by atoms with Crippen LogP contribution in [0.2, 0.25) is 0 Å². The van der Waals surface area contributed by atoms with E-state index in [0.29, 0.717) is 26.1 Å². The molecule has 0 aliphatic carbocycles. The first-order valence-corrected chi connectivity index (χ1v) is 9.28. The van der Waals surface area contributed by atoms with Gasteiger partial charge < -0.3 is 15.0 Å². The smallest absolute Gasteiger partial charge is 0.239 e. The topological polar surface area (TPSA) is 87.7 Å². The predicted molar refractivity (Wildman–Crippen MR) is 79.4 cm³/mol. The lowest BCUT2D eigenvalue weighted by Gasteiger charge is -2.34. The van der Waals surface area contributed by atoms with E-state index in [4.69, 9.17) is 4.74 Å². The molecule has 0 saturated carbocycles. The van der Waals surface area contributed by atoms with E-state index < -0.39 is 10.0 Å². The third-order valence-corrected chi connectivity index (χ3v) is 4.88. The summed E-state index contributed by atoms with van der Waals surface area (Å²) in [7, 11) is -1.51. The lowest BCUT2D eigenvalue weighted by molar-refractivity contribution is -0.135. The van der Waals surface area contributed by atoms with Crippen LogP contribution in [0.15, 0.2) is 0 Å². The highest BCUT2D eigenvalue weighted by molar-refractivity contribution is 7.88. The number of likely N-dealkylation sites (tertiary alicyclic amines) is 1. The summed E-state index contributed by atoms with van der Waals surface area (Å²) in [5.74, 6) is 0.302. The normalized spacial score (nSPS) is 30.6. The van der Waals surface area contributed by atoms with Crippen LogP contribution >= 0.6 is 0 Å². The third kappa shape index (κ3) is 4.91. The fourth-order valence-electron chi connectivity index (χ4n) is 2.99. The number of nitrogens with one attached hydrogen (secondary N) is 2. The van der Waals surface area contributed by atoms with Crippen molar-refractivity contribution >= 4 is 15.9 Å². The van der Waals surface area contributed by atoms with Gasteiger partial charge in [0.2, 0.25) is 15.9 Å². The highest BCUT2D eigenvalue weighted by Gasteiger charge is 2.34. The SMILES string of the molecule is COC1CNC(C(=O)N2CCCC(CNS(C)(=O)=O)C2)C1. The number of carbonyl (C=O) groups is 1. The summed E-state index contributed by atoms with van der Waals surface area (Å²) in [5, 5.41) is 3.20. The van der Waals surface area contributed by atoms with Gasteiger partial charge >= 0.3 is 0 Å². The summed E-state index contributed by atoms with van der Waals surface area (Å²) in [5.41, 5.74) is 0. The zero-order chi connectivity index (χ0) is 15.5. The molecule has 7 nitrogen and oxygen atoms in total. The summed E-state index contributed by atoms with van der Waals surface area (Å²) in [6, 6.07) is -0.170. The van der Waals surface area contributed by atoms with Crippen molar-refractivity contribution in [2.24, 2.45) is 5.92 Å². The van der Waals surface area contributed by atoms with E-state index >= 15 is 0 Å². The quantitative estimate of drug-likeness (QED) is 0.689. The van der Waals surface area contributed by atoms with Gasteiger partial charge in [-0.1, -0.05) is 0 Å². The van der Waals surface area contributed by atoms with Crippen molar-refractivity contribution in [1.82, 2.24) is 14.9 Å². The Labute approximate surface area is 126 Å². The lowest BCUT2D eigenvalue weighted by Crippen LogP contribution is -2.49. The molecule has 0 spiro atoms. The van der Waals surface area contributed by atoms with Gasteiger partial charge in [-0.2, -0.15) is 0 Å². The van der Waals surface area contributed by atoms with Gasteiger partial charge in [0, 0.05) is 33.3 Å². The highest BCUT2D eigenvalue weighted by Crippen LogP contribution is 2.19. The number of ether oxygens (including phenoxy) is 1. The first-order chi connectivity index (χ1) is 9.89. The number of piperidine rings is 1. The van der Waals surface area contributed by atoms with E-state index in [9.17, 15) is 13.2 Å². The maximum atomic E-state index is 12.5. The Hall–Kier alpha value is -0.700. The number of methoxy groups -OCH3 is 1. The van der Waals surface area contributed by atoms with E-state index in [1.54, 1.807) is 7.11 Å². The monoisotopic (exact) mass is 319 g/mol. The van der Waals surface area contributed by atoms with Gasteiger partial charge in [0.15, 0.2) is 0 Å². The summed E-state index contributed by atoms with van der Waals surface area (Å²) < 4.78 is 30.1. The van der Waals surface area contributed by atoms with Crippen LogP contribution in [0.4, 0.5) is 0 Å². The van der Waals surface area contributed by atoms with Gasteiger partial charge in [-0.05, 0) is 25.2 Å². The zero-order valence-electron chi connectivity index (χ0n) is 12.7. The molecule has 2 N–H and O–H groups in total. The molecule has 0 aromatic heterocycles. The van der Waals surface area contributed by atoms with Crippen molar-refractivity contribution in [1.29, 1.82) is 0 Å². The Morgan fingerprint density at radius 2 is 2.24 bits per heavy atom. The van der Waals surface area contributed by atoms with Crippen molar-refractivity contribution in [2.75, 3.05) is 39.5 Å². The van der Waals surface area contributed by atoms with Crippen LogP contribution in [0.3, 0.4) is 0 Å². The highest BCUT2D eigenvalue weighted by atomic mass is 32.2. The second-order valence-electron chi connectivity index (χ2n) is 5.97. The van der Waals surface area contributed by atoms with Gasteiger partial charge in [-0.15, -0.1) is 0 Å². The number of nitrogens with zero attached hydrogens (tertiary/aromatic N) is 1. The van der Waals surface area contributed by atoms with Crippen LogP contribution < -0.4 is 10.0 Å². The van der Waals surface area contributed by atoms with Crippen molar-refractivity contribution in [3.8, 4) is 0 Å². The Balaban J connectivity index is 1.84. The molecule has 0 radical (unpaired) electrons. The molecule has 0 aromatic rings. The summed E-state index contributed by atoms with van der Waals surface area (Å²) in [6.45, 7) is 2.49. The van der Waals surface area contributed by atoms with E-state index in [1.165, 1.54) is 0 Å². The standard InChI is InChI=1S/C13H25N3O4S/c1-20-11-6-12(14-8-11)13(17)16-5-3-4-10(9-16)7-15-21(2,18)19/h10-12,14-15H,3-9H2,1-2H3. The third-order valence-electron chi connectivity index (χ3n) is 4.19. The van der Waals surface area contributed by atoms with Gasteiger partial charge in [0.05, 0.1) is 18.4 Å². The maximum absolute atomic E-state index is 12.5. The van der Waals surface area contributed by atoms with Crippen molar-refractivity contribution < 1.29 is 17.9 Å². The molecular formula is C13H25N3O4S. The Kier molecular flexibility index (Phi) is 5.59. The largest absolute Gasteiger partial charge is 0.380 e. The van der Waals surface area contributed by atoms with E-state index in [2.05, 4.69) is 10.0 Å². The molecule has 0 bridgehead atoms. The van der Waals surface area contributed by atoms with Crippen molar-refractivity contribution in [3.05, 3.63) is 0 Å². The van der Waals surface area contributed by atoms with E-state index in [1.807, 2.05) is 4.90 Å². The van der Waals surface area contributed by atoms with Gasteiger partial charge in [-0.25, -0.2) is 13.1 Å². The average molecular weight is 319 g/mol. The van der Waals surface area contributed by atoms with Crippen molar-refractivity contribution in [2.45, 2.75) is 31.4 Å². The van der Waals surface area contributed by atoms with Crippen LogP contribution in [0.25, 0.3) is 0 Å². The molecule has 21 heavy (non-hydrogen) atoms. The molecular weight excluding hydrogens is 294 g/mol. The molecule has 2 saturated heterocycles. The minimum Gasteiger partial charge on any atom is -0.380 e. The molecule has 2 heterocycles. The molecule has 2 aliphatic rings. The maximum Gasteiger partial charge on any atom is 0.239 e. The molecule has 0 aromatic carbocycles. The molecule has 1 amide bonds. The Morgan fingerprint density at radius 1 is 1.48 bits per heavy atom. The van der Waals surface area contributed by atoms with Crippen LogP contribution in [-0.2, 0) is 19.6 Å². The molecule has 3 atom stereocenters. The molecule has 122 valence electrons. The first kappa shape index (κ1) is 16.7. The molecule has 8 heteroatoms. The number of amides is 1. The Bertz CT molecular complexity index is 468. The minimum atomic E-state index is -3.17. The van der Waals surface area contributed by atoms with Crippen LogP contribution in [0.1, 0.15) is 19.3 Å². The number of rotatable bonds is 5. The second kappa shape index (κ2) is 7.04. The first-order valence-electron chi connectivity index (χ1n) is 7.38. The molecule has 3 unspecified atom stereocenters. The second-order valence-corrected chi connectivity index (χ2v) is 7.80. The fraction of sp³-hybridized carbons (Fsp3) is 0.923. The van der Waals surface area contributed by atoms with Crippen LogP contribution in [-0.4, -0.2) is 70.9 Å². The summed E-state index contributed by atoms with van der Waals surface area (Å²) in [6.07, 6.45) is 3.84. The van der Waals surface area contributed by atoms with Crippen LogP contribution in [0.5, 0.6) is 0 Å². The fourth-order valence-corrected chi connectivity index (χ4v) is 3.53. The van der Waals surface area contributed by atoms with Gasteiger partial charge in [0.1, 0.15) is 0 Å².